The van der Waals surface area contributed by atoms with E-state index in [2.05, 4.69) is 39.8 Å². The maximum atomic E-state index is 13.5. The second-order valence-electron chi connectivity index (χ2n) is 10.6. The first-order chi connectivity index (χ1) is 18.8. The molecular weight excluding hydrogens is 529 g/mol. The molecule has 2 heterocycles. The van der Waals surface area contributed by atoms with Crippen molar-refractivity contribution in [2.45, 2.75) is 71.3 Å². The van der Waals surface area contributed by atoms with Gasteiger partial charge in [-0.15, -0.1) is 0 Å². The van der Waals surface area contributed by atoms with E-state index in [4.69, 9.17) is 24.9 Å². The Morgan fingerprint density at radius 3 is 2.41 bits per heavy atom. The molecule has 0 radical (unpaired) electrons. The molecule has 0 spiro atoms. The Morgan fingerprint density at radius 1 is 1.10 bits per heavy atom. The van der Waals surface area contributed by atoms with Crippen molar-refractivity contribution < 1.29 is 23.3 Å². The minimum absolute atomic E-state index is 0.0915. The average Bonchev–Trinajstić information content (AvgIpc) is 3.19. The minimum Gasteiger partial charge on any atom is -0.488 e. The molecule has 1 amide bonds. The number of hydrogen-bond donors (Lipinski definition) is 2. The van der Waals surface area contributed by atoms with Gasteiger partial charge in [-0.05, 0) is 55.0 Å². The van der Waals surface area contributed by atoms with Crippen molar-refractivity contribution in [1.82, 2.24) is 4.90 Å². The largest absolute Gasteiger partial charge is 0.488 e. The van der Waals surface area contributed by atoms with Gasteiger partial charge < -0.3 is 24.3 Å². The Balaban J connectivity index is 1.62. The Labute approximate surface area is 234 Å². The van der Waals surface area contributed by atoms with Crippen molar-refractivity contribution in [2.75, 3.05) is 13.2 Å². The molecule has 5 atom stereocenters. The van der Waals surface area contributed by atoms with E-state index in [-0.39, 0.29) is 42.2 Å². The number of ether oxygens (including phenoxy) is 1. The lowest BCUT2D eigenvalue weighted by Crippen LogP contribution is -2.65. The second-order valence-corrected chi connectivity index (χ2v) is 15.7. The average molecular weight is 572 g/mol. The van der Waals surface area contributed by atoms with E-state index < -0.39 is 23.2 Å². The van der Waals surface area contributed by atoms with Crippen LogP contribution >= 0.6 is 8.96 Å². The Kier molecular flexibility index (Phi) is 9.50. The summed E-state index contributed by atoms with van der Waals surface area (Å²) in [6.07, 6.45) is 0.554. The summed E-state index contributed by atoms with van der Waals surface area (Å²) in [5.74, 6) is -0.353. The van der Waals surface area contributed by atoms with Gasteiger partial charge in [0.2, 0.25) is 5.91 Å². The number of benzene rings is 2. The molecule has 1 saturated heterocycles. The number of nitrogens with two attached hydrogens (primary N) is 2. The molecule has 0 aromatic heterocycles. The number of nitrogens with zero attached hydrogens (tertiary/aromatic N) is 1. The second kappa shape index (κ2) is 12.5. The smallest absolute Gasteiger partial charge is 0.358 e. The lowest BCUT2D eigenvalue weighted by atomic mass is 9.78. The van der Waals surface area contributed by atoms with Crippen LogP contribution in [0.1, 0.15) is 40.2 Å². The standard InChI is InChI=1S/C29H42N3O5PSi/c1-6-39(7-2,8-3)37-19(5)25-26-18(4)23(27(29(34)36-38-31)32(26)28(25)33)17-35-24-14-10-12-21-20(15-16-30)11-9-13-22(21)24/h9-14,18-19,25-26,38H,6-8,15-17,30-31H2,1-5H3/t18-,19+,25+,26+/m0/s1. The normalized spacial score (nSPS) is 22.0. The van der Waals surface area contributed by atoms with Gasteiger partial charge in [0.15, 0.2) is 8.32 Å². The fraction of sp³-hybridized carbons (Fsp3) is 0.517. The first-order valence-corrected chi connectivity index (χ1v) is 17.5. The maximum Gasteiger partial charge on any atom is 0.358 e. The van der Waals surface area contributed by atoms with Crippen LogP contribution in [0.2, 0.25) is 18.1 Å². The van der Waals surface area contributed by atoms with Crippen LogP contribution in [0.4, 0.5) is 0 Å². The molecule has 39 heavy (non-hydrogen) atoms. The SMILES string of the molecule is CC[Si](CC)(CC)O[C@H](C)[C@H]1C(=O)N2C(C(=O)OPN)=C(COc3cccc4c(CCN)cccc34)[C@H](C)[C@H]12. The molecule has 2 aliphatic rings. The molecule has 2 aromatic rings. The molecule has 1 fully saturated rings. The van der Waals surface area contributed by atoms with E-state index >= 15 is 0 Å². The molecule has 212 valence electrons. The Bertz CT molecular complexity index is 1240. The molecule has 0 bridgehead atoms. The van der Waals surface area contributed by atoms with Gasteiger partial charge in [0.05, 0.1) is 18.1 Å². The van der Waals surface area contributed by atoms with Gasteiger partial charge in [-0.1, -0.05) is 58.0 Å². The van der Waals surface area contributed by atoms with Crippen LogP contribution in [0, 0.1) is 11.8 Å². The van der Waals surface area contributed by atoms with E-state index in [1.54, 1.807) is 4.90 Å². The third-order valence-corrected chi connectivity index (χ3v) is 13.8. The van der Waals surface area contributed by atoms with Crippen LogP contribution in [0.5, 0.6) is 5.75 Å². The summed E-state index contributed by atoms with van der Waals surface area (Å²) in [4.78, 5) is 28.2. The van der Waals surface area contributed by atoms with Gasteiger partial charge in [-0.3, -0.25) is 10.3 Å². The van der Waals surface area contributed by atoms with E-state index in [1.807, 2.05) is 31.2 Å². The zero-order valence-corrected chi connectivity index (χ0v) is 25.7. The number of carbonyl (C=O) groups excluding carboxylic acids is 2. The summed E-state index contributed by atoms with van der Waals surface area (Å²) in [5, 5.41) is 2.08. The summed E-state index contributed by atoms with van der Waals surface area (Å²) in [6.45, 7) is 11.4. The topological polar surface area (TPSA) is 117 Å². The molecule has 8 nitrogen and oxygen atoms in total. The van der Waals surface area contributed by atoms with Gasteiger partial charge in [-0.2, -0.15) is 0 Å². The third kappa shape index (κ3) is 5.40. The number of hydrogen-bond acceptors (Lipinski definition) is 7. The Hall–Kier alpha value is -2.29. The summed E-state index contributed by atoms with van der Waals surface area (Å²) in [6, 6.07) is 14.9. The number of amides is 1. The van der Waals surface area contributed by atoms with Crippen LogP contribution < -0.4 is 16.0 Å². The number of fused-ring (bicyclic) bond motifs is 2. The van der Waals surface area contributed by atoms with Crippen molar-refractivity contribution >= 4 is 39.9 Å². The lowest BCUT2D eigenvalue weighted by Gasteiger charge is -2.49. The molecule has 2 aromatic carbocycles. The zero-order valence-electron chi connectivity index (χ0n) is 23.7. The third-order valence-electron chi connectivity index (χ3n) is 8.78. The predicted molar refractivity (Wildman–Crippen MR) is 159 cm³/mol. The van der Waals surface area contributed by atoms with Gasteiger partial charge >= 0.3 is 5.97 Å². The molecule has 4 rings (SSSR count). The molecule has 0 saturated carbocycles. The van der Waals surface area contributed by atoms with Crippen LogP contribution in [0.25, 0.3) is 10.8 Å². The summed E-state index contributed by atoms with van der Waals surface area (Å²) in [5.41, 5.74) is 13.6. The van der Waals surface area contributed by atoms with Crippen molar-refractivity contribution in [3.05, 3.63) is 53.2 Å². The first kappa shape index (κ1) is 29.7. The molecule has 0 aliphatic carbocycles. The van der Waals surface area contributed by atoms with Gasteiger partial charge in [0.1, 0.15) is 27.0 Å². The monoisotopic (exact) mass is 571 g/mol. The highest BCUT2D eigenvalue weighted by molar-refractivity contribution is 7.29. The summed E-state index contributed by atoms with van der Waals surface area (Å²) in [7, 11) is -2.42. The van der Waals surface area contributed by atoms with Crippen LogP contribution in [0.3, 0.4) is 0 Å². The van der Waals surface area contributed by atoms with Crippen molar-refractivity contribution in [1.29, 1.82) is 0 Å². The quantitative estimate of drug-likeness (QED) is 0.200. The Morgan fingerprint density at radius 2 is 1.77 bits per heavy atom. The summed E-state index contributed by atoms with van der Waals surface area (Å²) >= 11 is 0. The van der Waals surface area contributed by atoms with Gasteiger partial charge in [0, 0.05) is 16.9 Å². The van der Waals surface area contributed by atoms with Crippen molar-refractivity contribution in [3.63, 3.8) is 0 Å². The molecule has 4 N–H and O–H groups in total. The van der Waals surface area contributed by atoms with Gasteiger partial charge in [-0.25, -0.2) is 4.79 Å². The van der Waals surface area contributed by atoms with E-state index in [9.17, 15) is 9.59 Å². The summed E-state index contributed by atoms with van der Waals surface area (Å²) < 4.78 is 18.3. The van der Waals surface area contributed by atoms with E-state index in [0.717, 1.165) is 46.6 Å². The van der Waals surface area contributed by atoms with Crippen LogP contribution in [0.15, 0.2) is 47.7 Å². The maximum absolute atomic E-state index is 13.5. The zero-order chi connectivity index (χ0) is 28.3. The van der Waals surface area contributed by atoms with E-state index in [0.29, 0.717) is 6.54 Å². The molecular formula is C29H42N3O5PSi. The highest BCUT2D eigenvalue weighted by Gasteiger charge is 2.61. The highest BCUT2D eigenvalue weighted by atomic mass is 31.1. The number of β-lactam (4-membered cyclic amide) rings is 1. The molecule has 10 heteroatoms. The van der Waals surface area contributed by atoms with E-state index in [1.165, 1.54) is 5.56 Å². The predicted octanol–water partition coefficient (Wildman–Crippen LogP) is 4.87. The highest BCUT2D eigenvalue weighted by Crippen LogP contribution is 2.49. The fourth-order valence-electron chi connectivity index (χ4n) is 6.38. The first-order valence-electron chi connectivity index (χ1n) is 14.0. The van der Waals surface area contributed by atoms with Crippen molar-refractivity contribution in [3.8, 4) is 5.75 Å². The molecule has 2 aliphatic heterocycles. The molecule has 1 unspecified atom stereocenters. The van der Waals surface area contributed by atoms with Crippen LogP contribution in [-0.2, 0) is 25.0 Å². The number of carbonyl (C=O) groups is 2. The van der Waals surface area contributed by atoms with Gasteiger partial charge in [0.25, 0.3) is 0 Å². The van der Waals surface area contributed by atoms with Crippen molar-refractivity contribution in [2.24, 2.45) is 23.1 Å². The number of rotatable bonds is 13. The lowest BCUT2D eigenvalue weighted by molar-refractivity contribution is -0.161. The minimum atomic E-state index is -1.91. The fourth-order valence-corrected chi connectivity index (χ4v) is 9.52. The van der Waals surface area contributed by atoms with Crippen LogP contribution in [-0.4, -0.2) is 50.4 Å².